The van der Waals surface area contributed by atoms with E-state index >= 15 is 0 Å². The lowest BCUT2D eigenvalue weighted by molar-refractivity contribution is 0.0734. The van der Waals surface area contributed by atoms with Crippen molar-refractivity contribution in [3.05, 3.63) is 95.8 Å². The molecule has 0 bridgehead atoms. The molecule has 1 fully saturated rings. The summed E-state index contributed by atoms with van der Waals surface area (Å²) in [6.45, 7) is 3.96. The minimum Gasteiger partial charge on any atom is -0.462 e. The third-order valence-corrected chi connectivity index (χ3v) is 6.92. The van der Waals surface area contributed by atoms with Crippen molar-refractivity contribution < 1.29 is 23.0 Å². The first-order valence-electron chi connectivity index (χ1n) is 12.7. The molecule has 1 saturated carbocycles. The lowest BCUT2D eigenvalue weighted by atomic mass is 9.77. The van der Waals surface area contributed by atoms with Crippen molar-refractivity contribution in [2.24, 2.45) is 5.92 Å². The molecule has 3 aromatic carbocycles. The number of esters is 1. The molecule has 188 valence electrons. The van der Waals surface area contributed by atoms with Crippen molar-refractivity contribution in [2.45, 2.75) is 58.3 Å². The first kappa shape index (κ1) is 25.6. The number of benzene rings is 3. The third kappa shape index (κ3) is 6.01. The van der Waals surface area contributed by atoms with Crippen LogP contribution in [0.25, 0.3) is 11.1 Å². The maximum Gasteiger partial charge on any atom is 0.343 e. The Morgan fingerprint density at radius 2 is 1.61 bits per heavy atom. The van der Waals surface area contributed by atoms with Gasteiger partial charge in [0.25, 0.3) is 0 Å². The van der Waals surface area contributed by atoms with Crippen molar-refractivity contribution >= 4 is 5.97 Å². The number of ether oxygens (including phenoxy) is 2. The van der Waals surface area contributed by atoms with Gasteiger partial charge in [0.1, 0.15) is 5.75 Å². The molecule has 3 aromatic rings. The zero-order chi connectivity index (χ0) is 25.5. The van der Waals surface area contributed by atoms with Gasteiger partial charge in [0.05, 0.1) is 11.8 Å². The molecule has 36 heavy (non-hydrogen) atoms. The number of hydrogen-bond acceptors (Lipinski definition) is 3. The molecule has 1 aliphatic carbocycles. The molecule has 0 aromatic heterocycles. The van der Waals surface area contributed by atoms with Crippen LogP contribution in [0.5, 0.6) is 11.5 Å². The van der Waals surface area contributed by atoms with Crippen LogP contribution in [0.15, 0.2) is 73.0 Å². The summed E-state index contributed by atoms with van der Waals surface area (Å²) < 4.78 is 39.5. The standard InChI is InChI=1S/C31H32F2O3/c1-3-5-21-6-8-22(9-7-21)23-14-16-26(17-15-23)36-31(34)25-12-10-24(11-13-25)27-18-19-28(35-20-4-2)30(33)29(27)32/h4,10-22H,3,5-9H2,1-2H3. The molecule has 0 spiro atoms. The van der Waals surface area contributed by atoms with E-state index in [1.54, 1.807) is 37.3 Å². The lowest BCUT2D eigenvalue weighted by Gasteiger charge is -2.28. The molecule has 0 saturated heterocycles. The van der Waals surface area contributed by atoms with Crippen molar-refractivity contribution in [1.82, 2.24) is 0 Å². The molecule has 3 nitrogen and oxygen atoms in total. The summed E-state index contributed by atoms with van der Waals surface area (Å²) in [5, 5.41) is 0. The second-order valence-corrected chi connectivity index (χ2v) is 9.37. The van der Waals surface area contributed by atoms with E-state index in [-0.39, 0.29) is 11.3 Å². The molecule has 4 rings (SSSR count). The molecule has 0 heterocycles. The highest BCUT2D eigenvalue weighted by atomic mass is 19.2. The fraction of sp³-hybridized carbons (Fsp3) is 0.323. The molecule has 0 aliphatic heterocycles. The van der Waals surface area contributed by atoms with Gasteiger partial charge in [-0.05, 0) is 92.0 Å². The first-order chi connectivity index (χ1) is 17.5. The monoisotopic (exact) mass is 490 g/mol. The maximum absolute atomic E-state index is 14.6. The van der Waals surface area contributed by atoms with E-state index < -0.39 is 17.6 Å². The number of halogens is 2. The largest absolute Gasteiger partial charge is 0.462 e. The predicted octanol–water partition coefficient (Wildman–Crippen LogP) is 8.84. The van der Waals surface area contributed by atoms with Crippen molar-refractivity contribution in [3.8, 4) is 22.6 Å². The van der Waals surface area contributed by atoms with Crippen LogP contribution in [-0.2, 0) is 0 Å². The Morgan fingerprint density at radius 1 is 0.917 bits per heavy atom. The van der Waals surface area contributed by atoms with Crippen LogP contribution < -0.4 is 9.47 Å². The van der Waals surface area contributed by atoms with E-state index in [9.17, 15) is 13.6 Å². The summed E-state index contributed by atoms with van der Waals surface area (Å²) >= 11 is 0. The van der Waals surface area contributed by atoms with E-state index in [4.69, 9.17) is 9.47 Å². The molecule has 0 atom stereocenters. The van der Waals surface area contributed by atoms with Gasteiger partial charge in [-0.2, -0.15) is 4.39 Å². The van der Waals surface area contributed by atoms with Crippen LogP contribution in [0.4, 0.5) is 8.78 Å². The van der Waals surface area contributed by atoms with Gasteiger partial charge in [-0.3, -0.25) is 0 Å². The lowest BCUT2D eigenvalue weighted by Crippen LogP contribution is -2.13. The first-order valence-corrected chi connectivity index (χ1v) is 12.7. The highest BCUT2D eigenvalue weighted by molar-refractivity contribution is 5.91. The minimum atomic E-state index is -1.06. The summed E-state index contributed by atoms with van der Waals surface area (Å²) in [7, 11) is 0. The van der Waals surface area contributed by atoms with Crippen LogP contribution in [0.1, 0.15) is 74.2 Å². The molecule has 0 unspecified atom stereocenters. The summed E-state index contributed by atoms with van der Waals surface area (Å²) in [5.41, 5.74) is 2.15. The second kappa shape index (κ2) is 12.0. The zero-order valence-corrected chi connectivity index (χ0v) is 20.8. The minimum absolute atomic E-state index is 0.0829. The summed E-state index contributed by atoms with van der Waals surface area (Å²) in [4.78, 5) is 12.6. The molecular weight excluding hydrogens is 458 g/mol. The normalized spacial score (nSPS) is 17.8. The van der Waals surface area contributed by atoms with Gasteiger partial charge in [-0.15, -0.1) is 0 Å². The van der Waals surface area contributed by atoms with Crippen molar-refractivity contribution in [1.29, 1.82) is 0 Å². The Morgan fingerprint density at radius 3 is 2.25 bits per heavy atom. The molecule has 0 radical (unpaired) electrons. The number of allylic oxidation sites excluding steroid dienone is 1. The Labute approximate surface area is 211 Å². The number of rotatable bonds is 8. The summed E-state index contributed by atoms with van der Waals surface area (Å²) in [6, 6.07) is 16.8. The van der Waals surface area contributed by atoms with E-state index in [1.165, 1.54) is 62.5 Å². The third-order valence-electron chi connectivity index (χ3n) is 6.92. The average molecular weight is 491 g/mol. The van der Waals surface area contributed by atoms with E-state index in [1.807, 2.05) is 12.1 Å². The van der Waals surface area contributed by atoms with E-state index in [2.05, 4.69) is 19.1 Å². The molecule has 0 amide bonds. The topological polar surface area (TPSA) is 35.5 Å². The highest BCUT2D eigenvalue weighted by Gasteiger charge is 2.22. The van der Waals surface area contributed by atoms with Crippen molar-refractivity contribution in [2.75, 3.05) is 0 Å². The number of hydrogen-bond donors (Lipinski definition) is 0. The zero-order valence-electron chi connectivity index (χ0n) is 20.8. The number of carbonyl (C=O) groups excluding carboxylic acids is 1. The van der Waals surface area contributed by atoms with Crippen LogP contribution in [-0.4, -0.2) is 5.97 Å². The second-order valence-electron chi connectivity index (χ2n) is 9.37. The van der Waals surface area contributed by atoms with Crippen LogP contribution in [0.2, 0.25) is 0 Å². The Balaban J connectivity index is 1.38. The van der Waals surface area contributed by atoms with E-state index in [0.717, 1.165) is 5.92 Å². The SMILES string of the molecule is CC=COc1ccc(-c2ccc(C(=O)Oc3ccc(C4CCC(CCC)CC4)cc3)cc2)c(F)c1F. The van der Waals surface area contributed by atoms with Gasteiger partial charge >= 0.3 is 5.97 Å². The Hall–Kier alpha value is -3.47. The van der Waals surface area contributed by atoms with Gasteiger partial charge in [0.2, 0.25) is 5.82 Å². The summed E-state index contributed by atoms with van der Waals surface area (Å²) in [6.07, 6.45) is 10.4. The highest BCUT2D eigenvalue weighted by Crippen LogP contribution is 2.38. The van der Waals surface area contributed by atoms with Gasteiger partial charge in [-0.1, -0.05) is 50.1 Å². The Bertz CT molecular complexity index is 1190. The van der Waals surface area contributed by atoms with Gasteiger partial charge in [0, 0.05) is 5.56 Å². The van der Waals surface area contributed by atoms with E-state index in [0.29, 0.717) is 22.8 Å². The molecular formula is C31H32F2O3. The van der Waals surface area contributed by atoms with Crippen LogP contribution in [0.3, 0.4) is 0 Å². The fourth-order valence-corrected chi connectivity index (χ4v) is 4.94. The Kier molecular flexibility index (Phi) is 8.52. The van der Waals surface area contributed by atoms with Gasteiger partial charge in [-0.25, -0.2) is 9.18 Å². The predicted molar refractivity (Wildman–Crippen MR) is 138 cm³/mol. The van der Waals surface area contributed by atoms with Crippen LogP contribution in [0, 0.1) is 17.6 Å². The quantitative estimate of drug-likeness (QED) is 0.180. The number of carbonyl (C=O) groups is 1. The summed E-state index contributed by atoms with van der Waals surface area (Å²) in [5.74, 6) is -0.842. The van der Waals surface area contributed by atoms with Gasteiger partial charge < -0.3 is 9.47 Å². The molecule has 1 aliphatic rings. The van der Waals surface area contributed by atoms with Gasteiger partial charge in [0.15, 0.2) is 11.6 Å². The smallest absolute Gasteiger partial charge is 0.343 e. The average Bonchev–Trinajstić information content (AvgIpc) is 2.91. The fourth-order valence-electron chi connectivity index (χ4n) is 4.94. The van der Waals surface area contributed by atoms with Crippen LogP contribution >= 0.6 is 0 Å². The molecule has 5 heteroatoms. The maximum atomic E-state index is 14.6. The molecule has 0 N–H and O–H groups in total. The van der Waals surface area contributed by atoms with Crippen molar-refractivity contribution in [3.63, 3.8) is 0 Å².